The van der Waals surface area contributed by atoms with Crippen molar-refractivity contribution in [3.05, 3.63) is 54.1 Å². The van der Waals surface area contributed by atoms with E-state index in [9.17, 15) is 4.79 Å². The number of anilines is 1. The molecule has 0 atom stereocenters. The van der Waals surface area contributed by atoms with Crippen molar-refractivity contribution in [2.24, 2.45) is 0 Å². The van der Waals surface area contributed by atoms with Crippen molar-refractivity contribution in [3.63, 3.8) is 0 Å². The molecule has 0 unspecified atom stereocenters. The van der Waals surface area contributed by atoms with Crippen molar-refractivity contribution in [2.45, 2.75) is 44.6 Å². The predicted octanol–water partition coefficient (Wildman–Crippen LogP) is 3.22. The van der Waals surface area contributed by atoms with Crippen molar-refractivity contribution in [2.75, 3.05) is 18.5 Å². The lowest BCUT2D eigenvalue weighted by atomic mass is 9.95. The number of nitrogens with one attached hydrogen (secondary N) is 1. The molecule has 1 aliphatic rings. The SMILES string of the molecule is CN(CCc1ccncc1)c1ccnc(C(=O)NC2CCCCC2)c1. The van der Waals surface area contributed by atoms with E-state index >= 15 is 0 Å². The summed E-state index contributed by atoms with van der Waals surface area (Å²) >= 11 is 0. The van der Waals surface area contributed by atoms with E-state index in [2.05, 4.69) is 20.2 Å². The van der Waals surface area contributed by atoms with Gasteiger partial charge in [-0.05, 0) is 49.1 Å². The standard InChI is InChI=1S/C20H26N4O/c1-24(14-10-16-7-11-21-12-8-16)18-9-13-22-19(15-18)20(25)23-17-5-3-2-4-6-17/h7-9,11-13,15,17H,2-6,10,14H2,1H3,(H,23,25). The van der Waals surface area contributed by atoms with Crippen LogP contribution in [0.15, 0.2) is 42.9 Å². The van der Waals surface area contributed by atoms with Gasteiger partial charge in [-0.25, -0.2) is 0 Å². The Bertz CT molecular complexity index is 683. The molecular weight excluding hydrogens is 312 g/mol. The third-order valence-electron chi connectivity index (χ3n) is 4.84. The van der Waals surface area contributed by atoms with Crippen molar-refractivity contribution in [1.82, 2.24) is 15.3 Å². The first kappa shape index (κ1) is 17.4. The largest absolute Gasteiger partial charge is 0.374 e. The van der Waals surface area contributed by atoms with Crippen LogP contribution in [0.1, 0.15) is 48.2 Å². The van der Waals surface area contributed by atoms with Gasteiger partial charge in [0.15, 0.2) is 0 Å². The summed E-state index contributed by atoms with van der Waals surface area (Å²) in [6.07, 6.45) is 12.1. The summed E-state index contributed by atoms with van der Waals surface area (Å²) in [5.74, 6) is -0.0590. The summed E-state index contributed by atoms with van der Waals surface area (Å²) < 4.78 is 0. The number of nitrogens with zero attached hydrogens (tertiary/aromatic N) is 3. The quantitative estimate of drug-likeness (QED) is 0.878. The van der Waals surface area contributed by atoms with Crippen LogP contribution in [0, 0.1) is 0 Å². The molecule has 0 saturated heterocycles. The molecule has 3 rings (SSSR count). The average molecular weight is 338 g/mol. The Kier molecular flexibility index (Phi) is 5.99. The Morgan fingerprint density at radius 1 is 1.16 bits per heavy atom. The third kappa shape index (κ3) is 5.02. The summed E-state index contributed by atoms with van der Waals surface area (Å²) in [7, 11) is 2.04. The Hall–Kier alpha value is -2.43. The number of amides is 1. The minimum Gasteiger partial charge on any atom is -0.374 e. The van der Waals surface area contributed by atoms with Gasteiger partial charge in [0.1, 0.15) is 5.69 Å². The van der Waals surface area contributed by atoms with Gasteiger partial charge in [0.05, 0.1) is 0 Å². The molecule has 132 valence electrons. The van der Waals surface area contributed by atoms with Crippen LogP contribution in [0.3, 0.4) is 0 Å². The second kappa shape index (κ2) is 8.60. The van der Waals surface area contributed by atoms with Crippen molar-refractivity contribution in [1.29, 1.82) is 0 Å². The highest BCUT2D eigenvalue weighted by atomic mass is 16.1. The predicted molar refractivity (Wildman–Crippen MR) is 99.8 cm³/mol. The molecule has 5 heteroatoms. The number of rotatable bonds is 6. The molecule has 1 saturated carbocycles. The Morgan fingerprint density at radius 2 is 1.92 bits per heavy atom. The lowest BCUT2D eigenvalue weighted by Gasteiger charge is -2.23. The van der Waals surface area contributed by atoms with Crippen LogP contribution in [0.25, 0.3) is 0 Å². The number of pyridine rings is 2. The lowest BCUT2D eigenvalue weighted by molar-refractivity contribution is 0.0922. The molecule has 1 amide bonds. The number of carbonyl (C=O) groups is 1. The monoisotopic (exact) mass is 338 g/mol. The zero-order valence-corrected chi connectivity index (χ0v) is 14.8. The number of likely N-dealkylation sites (N-methyl/N-ethyl adjacent to an activating group) is 1. The van der Waals surface area contributed by atoms with E-state index in [1.165, 1.54) is 24.8 Å². The van der Waals surface area contributed by atoms with E-state index in [0.717, 1.165) is 31.5 Å². The van der Waals surface area contributed by atoms with Crippen LogP contribution in [0.4, 0.5) is 5.69 Å². The molecular formula is C20H26N4O. The summed E-state index contributed by atoms with van der Waals surface area (Å²) in [5.41, 5.74) is 2.77. The molecule has 0 bridgehead atoms. The fourth-order valence-corrected chi connectivity index (χ4v) is 3.26. The van der Waals surface area contributed by atoms with Crippen molar-refractivity contribution >= 4 is 11.6 Å². The van der Waals surface area contributed by atoms with Crippen LogP contribution in [0.2, 0.25) is 0 Å². The Morgan fingerprint density at radius 3 is 2.68 bits per heavy atom. The van der Waals surface area contributed by atoms with Gasteiger partial charge >= 0.3 is 0 Å². The van der Waals surface area contributed by atoms with Gasteiger partial charge < -0.3 is 10.2 Å². The minimum absolute atomic E-state index is 0.0590. The molecule has 1 fully saturated rings. The summed E-state index contributed by atoms with van der Waals surface area (Å²) in [6.45, 7) is 0.873. The van der Waals surface area contributed by atoms with E-state index in [1.54, 1.807) is 6.20 Å². The molecule has 1 N–H and O–H groups in total. The fraction of sp³-hybridized carbons (Fsp3) is 0.450. The highest BCUT2D eigenvalue weighted by Gasteiger charge is 2.17. The maximum absolute atomic E-state index is 12.5. The van der Waals surface area contributed by atoms with E-state index in [4.69, 9.17) is 0 Å². The smallest absolute Gasteiger partial charge is 0.270 e. The van der Waals surface area contributed by atoms with Gasteiger partial charge in [0, 0.05) is 43.9 Å². The fourth-order valence-electron chi connectivity index (χ4n) is 3.26. The Labute approximate surface area is 149 Å². The zero-order valence-electron chi connectivity index (χ0n) is 14.8. The molecule has 2 heterocycles. The highest BCUT2D eigenvalue weighted by Crippen LogP contribution is 2.18. The third-order valence-corrected chi connectivity index (χ3v) is 4.84. The lowest BCUT2D eigenvalue weighted by Crippen LogP contribution is -2.36. The van der Waals surface area contributed by atoms with Gasteiger partial charge in [-0.2, -0.15) is 0 Å². The first-order valence-corrected chi connectivity index (χ1v) is 9.09. The van der Waals surface area contributed by atoms with Crippen LogP contribution >= 0.6 is 0 Å². The second-order valence-corrected chi connectivity index (χ2v) is 6.73. The van der Waals surface area contributed by atoms with Crippen LogP contribution in [-0.4, -0.2) is 35.5 Å². The molecule has 0 radical (unpaired) electrons. The van der Waals surface area contributed by atoms with Gasteiger partial charge in [-0.1, -0.05) is 19.3 Å². The first-order valence-electron chi connectivity index (χ1n) is 9.09. The van der Waals surface area contributed by atoms with Crippen LogP contribution in [0.5, 0.6) is 0 Å². The van der Waals surface area contributed by atoms with E-state index in [-0.39, 0.29) is 5.91 Å². The van der Waals surface area contributed by atoms with Gasteiger partial charge in [0.25, 0.3) is 5.91 Å². The molecule has 2 aromatic rings. The molecule has 25 heavy (non-hydrogen) atoms. The first-order chi connectivity index (χ1) is 12.2. The van der Waals surface area contributed by atoms with Gasteiger partial charge in [-0.15, -0.1) is 0 Å². The molecule has 0 aromatic carbocycles. The van der Waals surface area contributed by atoms with E-state index < -0.39 is 0 Å². The van der Waals surface area contributed by atoms with Crippen molar-refractivity contribution in [3.8, 4) is 0 Å². The van der Waals surface area contributed by atoms with Crippen LogP contribution in [-0.2, 0) is 6.42 Å². The number of hydrogen-bond acceptors (Lipinski definition) is 4. The maximum atomic E-state index is 12.5. The molecule has 0 spiro atoms. The van der Waals surface area contributed by atoms with Gasteiger partial charge in [-0.3, -0.25) is 14.8 Å². The second-order valence-electron chi connectivity index (χ2n) is 6.73. The van der Waals surface area contributed by atoms with E-state index in [0.29, 0.717) is 11.7 Å². The van der Waals surface area contributed by atoms with Crippen molar-refractivity contribution < 1.29 is 4.79 Å². The highest BCUT2D eigenvalue weighted by molar-refractivity contribution is 5.93. The Balaban J connectivity index is 1.58. The van der Waals surface area contributed by atoms with Gasteiger partial charge in [0.2, 0.25) is 0 Å². The molecule has 0 aliphatic heterocycles. The zero-order chi connectivity index (χ0) is 17.5. The number of hydrogen-bond donors (Lipinski definition) is 1. The molecule has 1 aliphatic carbocycles. The number of carbonyl (C=O) groups excluding carboxylic acids is 1. The summed E-state index contributed by atoms with van der Waals surface area (Å²) in [6, 6.07) is 8.19. The molecule has 5 nitrogen and oxygen atoms in total. The van der Waals surface area contributed by atoms with Crippen LogP contribution < -0.4 is 10.2 Å². The van der Waals surface area contributed by atoms with E-state index in [1.807, 2.05) is 43.7 Å². The topological polar surface area (TPSA) is 58.1 Å². The molecule has 2 aromatic heterocycles. The summed E-state index contributed by atoms with van der Waals surface area (Å²) in [5, 5.41) is 3.13. The number of aromatic nitrogens is 2. The minimum atomic E-state index is -0.0590. The average Bonchev–Trinajstić information content (AvgIpc) is 2.68. The summed E-state index contributed by atoms with van der Waals surface area (Å²) in [4.78, 5) is 22.9. The maximum Gasteiger partial charge on any atom is 0.270 e. The normalized spacial score (nSPS) is 14.9.